The van der Waals surface area contributed by atoms with Gasteiger partial charge in [0, 0.05) is 17.9 Å². The molecule has 0 spiro atoms. The van der Waals surface area contributed by atoms with Crippen molar-refractivity contribution in [2.45, 2.75) is 109 Å². The summed E-state index contributed by atoms with van der Waals surface area (Å²) in [7, 11) is -2.60. The zero-order valence-electron chi connectivity index (χ0n) is 23.5. The van der Waals surface area contributed by atoms with Gasteiger partial charge in [0.1, 0.15) is 12.6 Å². The van der Waals surface area contributed by atoms with E-state index in [1.165, 1.54) is 76.0 Å². The number of rotatable bonds is 25. The predicted molar refractivity (Wildman–Crippen MR) is 151 cm³/mol. The van der Waals surface area contributed by atoms with Crippen molar-refractivity contribution in [2.75, 3.05) is 38.1 Å². The lowest BCUT2D eigenvalue weighted by atomic mass is 10.0. The van der Waals surface area contributed by atoms with Crippen LogP contribution in [0.2, 0.25) is 0 Å². The number of ether oxygens (including phenoxy) is 2. The minimum Gasteiger partial charge on any atom is -0.467 e. The molecule has 10 nitrogen and oxygen atoms in total. The second-order valence-corrected chi connectivity index (χ2v) is 12.4. The Bertz CT molecular complexity index is 750. The Hall–Kier alpha value is -1.37. The number of hydrogen-bond donors (Lipinski definition) is 3. The molecule has 2 atom stereocenters. The minimum absolute atomic E-state index is 0.0502. The Morgan fingerprint density at radius 1 is 0.868 bits per heavy atom. The molecule has 0 saturated carbocycles. The molecule has 0 aromatic rings. The van der Waals surface area contributed by atoms with Crippen LogP contribution in [0.25, 0.3) is 0 Å². The van der Waals surface area contributed by atoms with Crippen molar-refractivity contribution in [3.63, 3.8) is 0 Å². The van der Waals surface area contributed by atoms with Gasteiger partial charge in [0.25, 0.3) is 0 Å². The van der Waals surface area contributed by atoms with E-state index in [1.807, 2.05) is 0 Å². The summed E-state index contributed by atoms with van der Waals surface area (Å²) < 4.78 is 35.2. The zero-order valence-corrected chi connectivity index (χ0v) is 25.1. The lowest BCUT2D eigenvalue weighted by Gasteiger charge is -2.20. The van der Waals surface area contributed by atoms with Gasteiger partial charge in [0.05, 0.1) is 20.0 Å². The molecular formula is C26H50N2O8S2. The predicted octanol–water partition coefficient (Wildman–Crippen LogP) is 3.31. The van der Waals surface area contributed by atoms with Gasteiger partial charge in [0.2, 0.25) is 15.9 Å². The van der Waals surface area contributed by atoms with E-state index in [0.29, 0.717) is 12.2 Å². The van der Waals surface area contributed by atoms with Gasteiger partial charge in [0.15, 0.2) is 6.04 Å². The molecule has 224 valence electrons. The summed E-state index contributed by atoms with van der Waals surface area (Å²) in [5.74, 6) is -1.45. The maximum absolute atomic E-state index is 12.4. The maximum Gasteiger partial charge on any atom is 0.330 e. The van der Waals surface area contributed by atoms with E-state index in [9.17, 15) is 27.9 Å². The van der Waals surface area contributed by atoms with E-state index in [2.05, 4.69) is 21.7 Å². The fourth-order valence-corrected chi connectivity index (χ4v) is 5.44. The number of thioether (sulfide) groups is 1. The smallest absolute Gasteiger partial charge is 0.330 e. The molecule has 0 aromatic heterocycles. The molecule has 0 radical (unpaired) electrons. The number of carbonyl (C=O) groups excluding carboxylic acids is 3. The second kappa shape index (κ2) is 23.5. The summed E-state index contributed by atoms with van der Waals surface area (Å²) in [6.07, 6.45) is 17.4. The first-order valence-electron chi connectivity index (χ1n) is 13.8. The third-order valence-electron chi connectivity index (χ3n) is 5.92. The van der Waals surface area contributed by atoms with Crippen molar-refractivity contribution in [1.29, 1.82) is 0 Å². The molecule has 0 saturated heterocycles. The highest BCUT2D eigenvalue weighted by Crippen LogP contribution is 2.13. The quantitative estimate of drug-likeness (QED) is 0.109. The molecule has 0 aliphatic heterocycles. The van der Waals surface area contributed by atoms with Crippen LogP contribution in [0, 0.1) is 0 Å². The summed E-state index contributed by atoms with van der Waals surface area (Å²) in [5, 5.41) is 11.5. The first kappa shape index (κ1) is 36.6. The number of aliphatic hydroxyl groups is 1. The van der Waals surface area contributed by atoms with Gasteiger partial charge in [-0.25, -0.2) is 17.9 Å². The lowest BCUT2D eigenvalue weighted by molar-refractivity contribution is -0.146. The average Bonchev–Trinajstić information content (AvgIpc) is 2.87. The van der Waals surface area contributed by atoms with Crippen molar-refractivity contribution >= 4 is 39.6 Å². The molecule has 3 N–H and O–H groups in total. The summed E-state index contributed by atoms with van der Waals surface area (Å²) in [6, 6.07) is -2.47. The van der Waals surface area contributed by atoms with Crippen LogP contribution in [0.4, 0.5) is 0 Å². The van der Waals surface area contributed by atoms with E-state index in [4.69, 9.17) is 4.74 Å². The highest BCUT2D eigenvalue weighted by molar-refractivity contribution is 7.99. The van der Waals surface area contributed by atoms with Gasteiger partial charge in [-0.2, -0.15) is 11.8 Å². The molecule has 0 heterocycles. The molecule has 12 heteroatoms. The number of esters is 2. The molecule has 38 heavy (non-hydrogen) atoms. The molecule has 0 aliphatic carbocycles. The van der Waals surface area contributed by atoms with Crippen LogP contribution < -0.4 is 10.0 Å². The number of sulfonamides is 1. The number of methoxy groups -OCH3 is 1. The summed E-state index contributed by atoms with van der Waals surface area (Å²) in [5.41, 5.74) is 0. The number of amides is 1. The van der Waals surface area contributed by atoms with Crippen LogP contribution in [0.15, 0.2) is 0 Å². The number of carbonyl (C=O) groups is 3. The minimum atomic E-state index is -3.71. The van der Waals surface area contributed by atoms with Gasteiger partial charge >= 0.3 is 11.9 Å². The highest BCUT2D eigenvalue weighted by Gasteiger charge is 2.27. The zero-order chi connectivity index (χ0) is 28.7. The van der Waals surface area contributed by atoms with Gasteiger partial charge in [-0.1, -0.05) is 84.0 Å². The Kier molecular flexibility index (Phi) is 22.7. The Labute approximate surface area is 233 Å². The molecular weight excluding hydrogens is 532 g/mol. The first-order chi connectivity index (χ1) is 18.1. The van der Waals surface area contributed by atoms with Crippen LogP contribution in [0.5, 0.6) is 0 Å². The normalized spacial score (nSPS) is 13.1. The molecule has 0 fully saturated rings. The fraction of sp³-hybridized carbons (Fsp3) is 0.885. The largest absolute Gasteiger partial charge is 0.467 e. The molecule has 1 amide bonds. The third-order valence-corrected chi connectivity index (χ3v) is 7.65. The number of aliphatic hydroxyl groups excluding tert-OH is 1. The van der Waals surface area contributed by atoms with Crippen molar-refractivity contribution < 1.29 is 37.4 Å². The van der Waals surface area contributed by atoms with Crippen LogP contribution in [0.1, 0.15) is 96.8 Å². The van der Waals surface area contributed by atoms with E-state index < -0.39 is 40.6 Å². The van der Waals surface area contributed by atoms with Gasteiger partial charge in [-0.05, 0) is 6.42 Å². The van der Waals surface area contributed by atoms with E-state index in [1.54, 1.807) is 0 Å². The van der Waals surface area contributed by atoms with E-state index in [-0.39, 0.29) is 18.3 Å². The lowest BCUT2D eigenvalue weighted by Crippen LogP contribution is -2.53. The summed E-state index contributed by atoms with van der Waals surface area (Å²) >= 11 is 1.23. The average molecular weight is 583 g/mol. The molecule has 0 aliphatic rings. The van der Waals surface area contributed by atoms with E-state index in [0.717, 1.165) is 32.6 Å². The maximum atomic E-state index is 12.4. The number of hydrogen-bond acceptors (Lipinski definition) is 9. The number of unbranched alkanes of at least 4 members (excludes halogenated alkanes) is 12. The van der Waals surface area contributed by atoms with Crippen LogP contribution in [0.3, 0.4) is 0 Å². The topological polar surface area (TPSA) is 148 Å². The van der Waals surface area contributed by atoms with Crippen LogP contribution in [-0.2, 0) is 33.9 Å². The molecule has 0 unspecified atom stereocenters. The van der Waals surface area contributed by atoms with E-state index >= 15 is 0 Å². The molecule has 0 bridgehead atoms. The fourth-order valence-electron chi connectivity index (χ4n) is 3.79. The van der Waals surface area contributed by atoms with Crippen molar-refractivity contribution in [2.24, 2.45) is 0 Å². The number of nitrogens with one attached hydrogen (secondary N) is 2. The SMILES string of the molecule is CCCCCCCCCCCCCCCC(=O)OCCSC[C@@H](NS(C)(=O)=O)C(=O)N[C@@H](CO)C(=O)OC. The van der Waals surface area contributed by atoms with Crippen molar-refractivity contribution in [3.8, 4) is 0 Å². The summed E-state index contributed by atoms with van der Waals surface area (Å²) in [6.45, 7) is 1.70. The third kappa shape index (κ3) is 21.6. The standard InChI is InChI=1S/C26H50N2O8S2/c1-4-5-6-7-8-9-10-11-12-13-14-15-16-17-24(30)36-18-19-37-21-23(28-38(3,33)34)25(31)27-22(20-29)26(32)35-2/h22-23,28-29H,4-21H2,1-3H3,(H,27,31)/t22-,23+/m0/s1. The Morgan fingerprint density at radius 3 is 1.87 bits per heavy atom. The summed E-state index contributed by atoms with van der Waals surface area (Å²) in [4.78, 5) is 35.9. The van der Waals surface area contributed by atoms with Crippen molar-refractivity contribution in [3.05, 3.63) is 0 Å². The Morgan fingerprint density at radius 2 is 1.39 bits per heavy atom. The van der Waals surface area contributed by atoms with Gasteiger partial charge < -0.3 is 19.9 Å². The van der Waals surface area contributed by atoms with Crippen LogP contribution >= 0.6 is 11.8 Å². The highest BCUT2D eigenvalue weighted by atomic mass is 32.2. The van der Waals surface area contributed by atoms with Gasteiger partial charge in [-0.3, -0.25) is 9.59 Å². The van der Waals surface area contributed by atoms with Crippen molar-refractivity contribution in [1.82, 2.24) is 10.0 Å². The monoisotopic (exact) mass is 582 g/mol. The molecule has 0 aromatic carbocycles. The molecule has 0 rings (SSSR count). The van der Waals surface area contributed by atoms with Gasteiger partial charge in [-0.15, -0.1) is 0 Å². The Balaban J connectivity index is 3.97. The van der Waals surface area contributed by atoms with Crippen LogP contribution in [-0.4, -0.2) is 81.5 Å². The second-order valence-electron chi connectivity index (χ2n) is 9.50. The first-order valence-corrected chi connectivity index (χ1v) is 16.9.